The number of benzene rings is 1. The maximum absolute atomic E-state index is 13.8. The van der Waals surface area contributed by atoms with Gasteiger partial charge < -0.3 is 15.4 Å². The average molecular weight is 472 g/mol. The summed E-state index contributed by atoms with van der Waals surface area (Å²) >= 11 is 0. The second kappa shape index (κ2) is 10.6. The number of aromatic nitrogens is 2. The van der Waals surface area contributed by atoms with Gasteiger partial charge in [0.05, 0.1) is 19.6 Å². The quantitative estimate of drug-likeness (QED) is 0.573. The first kappa shape index (κ1) is 25.1. The average Bonchev–Trinajstić information content (AvgIpc) is 3.20. The van der Waals surface area contributed by atoms with E-state index in [0.29, 0.717) is 24.3 Å². The van der Waals surface area contributed by atoms with E-state index in [9.17, 15) is 19.2 Å². The number of unbranched alkanes of at least 4 members (excludes halogenated alkanes) is 1. The normalized spacial score (nSPS) is 15.7. The SMILES string of the molecule is CCCCn1c(N)c(N(Cc2ccccc2OC)C(=O)C2CC(=O)N(C(C)C)C2)c(=O)[nH]c1=O. The molecule has 34 heavy (non-hydrogen) atoms. The molecule has 1 aromatic heterocycles. The summed E-state index contributed by atoms with van der Waals surface area (Å²) in [4.78, 5) is 56.9. The number of aromatic amines is 1. The standard InChI is InChI=1S/C24H33N5O5/c1-5-6-11-27-21(25)20(22(31)26-24(27)33)29(13-16-9-7-8-10-18(16)34-4)23(32)17-12-19(30)28(14-17)15(2)3/h7-10,15,17H,5-6,11-14,25H2,1-4H3,(H,26,31,33). The number of hydrogen-bond acceptors (Lipinski definition) is 6. The van der Waals surface area contributed by atoms with Crippen LogP contribution >= 0.6 is 0 Å². The van der Waals surface area contributed by atoms with Crippen molar-refractivity contribution in [2.75, 3.05) is 24.3 Å². The van der Waals surface area contributed by atoms with Gasteiger partial charge in [-0.05, 0) is 26.3 Å². The lowest BCUT2D eigenvalue weighted by molar-refractivity contribution is -0.129. The second-order valence-electron chi connectivity index (χ2n) is 8.78. The molecule has 0 saturated carbocycles. The summed E-state index contributed by atoms with van der Waals surface area (Å²) in [6, 6.07) is 7.11. The Morgan fingerprint density at radius 2 is 1.97 bits per heavy atom. The number of amides is 2. The van der Waals surface area contributed by atoms with Crippen LogP contribution in [0.4, 0.5) is 11.5 Å². The summed E-state index contributed by atoms with van der Waals surface area (Å²) in [5.74, 6) is -0.684. The minimum absolute atomic E-state index is 0.00548. The molecule has 1 unspecified atom stereocenters. The first-order chi connectivity index (χ1) is 16.2. The third-order valence-electron chi connectivity index (χ3n) is 6.14. The predicted molar refractivity (Wildman–Crippen MR) is 130 cm³/mol. The van der Waals surface area contributed by atoms with Gasteiger partial charge in [0.25, 0.3) is 5.56 Å². The molecule has 10 heteroatoms. The fourth-order valence-corrected chi connectivity index (χ4v) is 4.26. The van der Waals surface area contributed by atoms with Crippen molar-refractivity contribution in [1.82, 2.24) is 14.5 Å². The van der Waals surface area contributed by atoms with E-state index in [4.69, 9.17) is 10.5 Å². The van der Waals surface area contributed by atoms with E-state index in [1.807, 2.05) is 20.8 Å². The van der Waals surface area contributed by atoms with Crippen LogP contribution in [0.15, 0.2) is 33.9 Å². The van der Waals surface area contributed by atoms with E-state index >= 15 is 0 Å². The van der Waals surface area contributed by atoms with Crippen LogP contribution in [0, 0.1) is 5.92 Å². The van der Waals surface area contributed by atoms with Crippen molar-refractivity contribution in [3.63, 3.8) is 0 Å². The van der Waals surface area contributed by atoms with Gasteiger partial charge in [-0.15, -0.1) is 0 Å². The Hall–Kier alpha value is -3.56. The molecule has 184 valence electrons. The largest absolute Gasteiger partial charge is 0.496 e. The molecule has 0 spiro atoms. The third kappa shape index (κ3) is 5.00. The Labute approximate surface area is 198 Å². The third-order valence-corrected chi connectivity index (χ3v) is 6.14. The summed E-state index contributed by atoms with van der Waals surface area (Å²) in [5, 5.41) is 0. The summed E-state index contributed by atoms with van der Waals surface area (Å²) in [5.41, 5.74) is 5.53. The number of likely N-dealkylation sites (tertiary alicyclic amines) is 1. The fourth-order valence-electron chi connectivity index (χ4n) is 4.26. The molecule has 0 aliphatic carbocycles. The zero-order chi connectivity index (χ0) is 25.0. The number of nitrogens with one attached hydrogen (secondary N) is 1. The van der Waals surface area contributed by atoms with E-state index in [2.05, 4.69) is 4.98 Å². The van der Waals surface area contributed by atoms with Gasteiger partial charge in [-0.1, -0.05) is 31.5 Å². The molecule has 0 radical (unpaired) electrons. The van der Waals surface area contributed by atoms with E-state index < -0.39 is 23.1 Å². The highest BCUT2D eigenvalue weighted by atomic mass is 16.5. The number of methoxy groups -OCH3 is 1. The zero-order valence-electron chi connectivity index (χ0n) is 20.2. The highest BCUT2D eigenvalue weighted by Gasteiger charge is 2.39. The van der Waals surface area contributed by atoms with Gasteiger partial charge in [0.2, 0.25) is 11.8 Å². The summed E-state index contributed by atoms with van der Waals surface area (Å²) in [6.45, 7) is 6.32. The molecular formula is C24H33N5O5. The molecule has 0 bridgehead atoms. The van der Waals surface area contributed by atoms with E-state index in [1.54, 1.807) is 29.2 Å². The van der Waals surface area contributed by atoms with Crippen LogP contribution in [0.5, 0.6) is 5.75 Å². The van der Waals surface area contributed by atoms with E-state index in [-0.39, 0.29) is 43.0 Å². The number of H-pyrrole nitrogens is 1. The van der Waals surface area contributed by atoms with Crippen LogP contribution in [0.25, 0.3) is 0 Å². The molecular weight excluding hydrogens is 438 g/mol. The lowest BCUT2D eigenvalue weighted by Gasteiger charge is -2.28. The summed E-state index contributed by atoms with van der Waals surface area (Å²) < 4.78 is 6.72. The van der Waals surface area contributed by atoms with E-state index in [1.165, 1.54) is 16.6 Å². The Bertz CT molecular complexity index is 1170. The van der Waals surface area contributed by atoms with Crippen LogP contribution in [-0.2, 0) is 22.7 Å². The number of nitrogens with two attached hydrogens (primary N) is 1. The number of para-hydroxylation sites is 1. The summed E-state index contributed by atoms with van der Waals surface area (Å²) in [7, 11) is 1.52. The fraction of sp³-hybridized carbons (Fsp3) is 0.500. The maximum atomic E-state index is 13.8. The van der Waals surface area contributed by atoms with Gasteiger partial charge in [0.1, 0.15) is 11.6 Å². The van der Waals surface area contributed by atoms with Crippen LogP contribution < -0.4 is 26.6 Å². The van der Waals surface area contributed by atoms with Crippen molar-refractivity contribution in [3.05, 3.63) is 50.7 Å². The number of carbonyl (C=O) groups is 2. The molecule has 10 nitrogen and oxygen atoms in total. The van der Waals surface area contributed by atoms with Crippen LogP contribution in [0.3, 0.4) is 0 Å². The second-order valence-corrected chi connectivity index (χ2v) is 8.78. The van der Waals surface area contributed by atoms with Gasteiger partial charge >= 0.3 is 5.69 Å². The molecule has 1 fully saturated rings. The number of anilines is 2. The first-order valence-electron chi connectivity index (χ1n) is 11.5. The minimum Gasteiger partial charge on any atom is -0.496 e. The Kier molecular flexibility index (Phi) is 7.80. The number of ether oxygens (including phenoxy) is 1. The Balaban J connectivity index is 2.11. The number of nitrogen functional groups attached to an aromatic ring is 1. The van der Waals surface area contributed by atoms with Crippen LogP contribution in [0.1, 0.15) is 45.6 Å². The van der Waals surface area contributed by atoms with Crippen molar-refractivity contribution < 1.29 is 14.3 Å². The number of nitrogens with zero attached hydrogens (tertiary/aromatic N) is 3. The zero-order valence-corrected chi connectivity index (χ0v) is 20.2. The van der Waals surface area contributed by atoms with Crippen LogP contribution in [0.2, 0.25) is 0 Å². The molecule has 3 rings (SSSR count). The van der Waals surface area contributed by atoms with Crippen LogP contribution in [-0.4, -0.2) is 46.0 Å². The molecule has 2 aromatic rings. The van der Waals surface area contributed by atoms with Gasteiger partial charge in [-0.3, -0.25) is 28.8 Å². The Morgan fingerprint density at radius 3 is 2.59 bits per heavy atom. The summed E-state index contributed by atoms with van der Waals surface area (Å²) in [6.07, 6.45) is 1.54. The molecule has 1 aromatic carbocycles. The van der Waals surface area contributed by atoms with Gasteiger partial charge in [-0.25, -0.2) is 4.79 Å². The van der Waals surface area contributed by atoms with Crippen molar-refractivity contribution in [2.24, 2.45) is 5.92 Å². The predicted octanol–water partition coefficient (Wildman–Crippen LogP) is 1.72. The molecule has 2 heterocycles. The van der Waals surface area contributed by atoms with Gasteiger partial charge in [-0.2, -0.15) is 0 Å². The van der Waals surface area contributed by atoms with Gasteiger partial charge in [0, 0.05) is 31.1 Å². The molecule has 1 aliphatic heterocycles. The van der Waals surface area contributed by atoms with Gasteiger partial charge in [0.15, 0.2) is 5.69 Å². The van der Waals surface area contributed by atoms with E-state index in [0.717, 1.165) is 6.42 Å². The minimum atomic E-state index is -0.747. The number of hydrogen-bond donors (Lipinski definition) is 2. The van der Waals surface area contributed by atoms with Crippen molar-refractivity contribution in [3.8, 4) is 5.75 Å². The number of rotatable bonds is 9. The maximum Gasteiger partial charge on any atom is 0.330 e. The first-order valence-corrected chi connectivity index (χ1v) is 11.5. The Morgan fingerprint density at radius 1 is 1.26 bits per heavy atom. The lowest BCUT2D eigenvalue weighted by Crippen LogP contribution is -2.44. The smallest absolute Gasteiger partial charge is 0.330 e. The number of carbonyl (C=O) groups excluding carboxylic acids is 2. The molecule has 1 aliphatic rings. The lowest BCUT2D eigenvalue weighted by atomic mass is 10.1. The topological polar surface area (TPSA) is 131 Å². The van der Waals surface area contributed by atoms with Crippen molar-refractivity contribution in [2.45, 2.75) is 59.2 Å². The highest BCUT2D eigenvalue weighted by Crippen LogP contribution is 2.29. The monoisotopic (exact) mass is 471 g/mol. The van der Waals surface area contributed by atoms with Crippen molar-refractivity contribution >= 4 is 23.3 Å². The molecule has 1 atom stereocenters. The highest BCUT2D eigenvalue weighted by molar-refractivity contribution is 6.00. The molecule has 2 amide bonds. The molecule has 3 N–H and O–H groups in total. The molecule has 1 saturated heterocycles. The van der Waals surface area contributed by atoms with Crippen molar-refractivity contribution in [1.29, 1.82) is 0 Å².